The Balaban J connectivity index is 2.04. The van der Waals surface area contributed by atoms with Crippen molar-refractivity contribution in [1.82, 2.24) is 20.3 Å². The number of nitrogens with two attached hydrogens (primary N) is 1. The highest BCUT2D eigenvalue weighted by Gasteiger charge is 2.24. The number of allylic oxidation sites excluding steroid dienone is 6. The van der Waals surface area contributed by atoms with Crippen LogP contribution in [0.1, 0.15) is 11.4 Å². The highest BCUT2D eigenvalue weighted by Crippen LogP contribution is 2.35. The summed E-state index contributed by atoms with van der Waals surface area (Å²) in [5.74, 6) is 1.18. The Labute approximate surface area is 198 Å². The predicted molar refractivity (Wildman–Crippen MR) is 137 cm³/mol. The SMILES string of the molecule is C=C/C=C(\C(C=C)=C(/C=C)NC=C)c1nc(N2CCOCC2)c2oc3ncc(CN)cc3c2n1. The Morgan fingerprint density at radius 2 is 1.94 bits per heavy atom. The molecule has 0 amide bonds. The average molecular weight is 457 g/mol. The van der Waals surface area contributed by atoms with Gasteiger partial charge in [-0.2, -0.15) is 0 Å². The molecule has 0 radical (unpaired) electrons. The van der Waals surface area contributed by atoms with Gasteiger partial charge < -0.3 is 25.1 Å². The van der Waals surface area contributed by atoms with Crippen molar-refractivity contribution in [3.63, 3.8) is 0 Å². The van der Waals surface area contributed by atoms with Gasteiger partial charge in [-0.1, -0.05) is 44.5 Å². The Morgan fingerprint density at radius 1 is 1.15 bits per heavy atom. The molecule has 1 fully saturated rings. The first-order chi connectivity index (χ1) is 16.6. The van der Waals surface area contributed by atoms with Crippen molar-refractivity contribution in [2.24, 2.45) is 5.73 Å². The lowest BCUT2D eigenvalue weighted by molar-refractivity contribution is 0.122. The molecule has 4 heterocycles. The van der Waals surface area contributed by atoms with E-state index in [1.165, 1.54) is 0 Å². The lowest BCUT2D eigenvalue weighted by Crippen LogP contribution is -2.37. The van der Waals surface area contributed by atoms with E-state index in [-0.39, 0.29) is 0 Å². The molecule has 0 spiro atoms. The Bertz CT molecular complexity index is 1330. The zero-order valence-electron chi connectivity index (χ0n) is 19.1. The monoisotopic (exact) mass is 456 g/mol. The summed E-state index contributed by atoms with van der Waals surface area (Å²) in [6.45, 7) is 18.5. The van der Waals surface area contributed by atoms with E-state index < -0.39 is 0 Å². The smallest absolute Gasteiger partial charge is 0.229 e. The molecule has 8 nitrogen and oxygen atoms in total. The minimum Gasteiger partial charge on any atom is -0.432 e. The lowest BCUT2D eigenvalue weighted by Gasteiger charge is -2.28. The van der Waals surface area contributed by atoms with Gasteiger partial charge in [0.1, 0.15) is 5.52 Å². The van der Waals surface area contributed by atoms with Crippen LogP contribution in [-0.2, 0) is 11.3 Å². The number of furan rings is 1. The maximum absolute atomic E-state index is 6.15. The molecule has 0 aromatic carbocycles. The van der Waals surface area contributed by atoms with Crippen molar-refractivity contribution in [3.05, 3.63) is 91.7 Å². The van der Waals surface area contributed by atoms with E-state index in [2.05, 4.69) is 41.5 Å². The zero-order chi connectivity index (χ0) is 24.1. The number of hydrogen-bond acceptors (Lipinski definition) is 8. The summed E-state index contributed by atoms with van der Waals surface area (Å²) in [6, 6.07) is 1.96. The van der Waals surface area contributed by atoms with Gasteiger partial charge >= 0.3 is 0 Å². The van der Waals surface area contributed by atoms with Gasteiger partial charge in [-0.3, -0.25) is 0 Å². The summed E-state index contributed by atoms with van der Waals surface area (Å²) in [5.41, 5.74) is 10.7. The number of fused-ring (bicyclic) bond motifs is 3. The highest BCUT2D eigenvalue weighted by molar-refractivity contribution is 6.05. The molecule has 3 aromatic heterocycles. The number of anilines is 1. The standard InChI is InChI=1S/C26H28N6O2/c1-5-9-19(18(6-2)21(7-3)28-8-4)24-30-22-20-14-17(15-27)16-29-26(20)34-23(22)25(31-24)32-10-12-33-13-11-32/h5-9,14,16,28H,1-4,10-13,15,27H2/b19-9+,21-18+. The first kappa shape index (κ1) is 23.2. The van der Waals surface area contributed by atoms with Crippen LogP contribution < -0.4 is 16.0 Å². The van der Waals surface area contributed by atoms with E-state index in [0.717, 1.165) is 27.8 Å². The Kier molecular flexibility index (Phi) is 7.01. The minimum absolute atomic E-state index is 0.366. The van der Waals surface area contributed by atoms with Crippen molar-refractivity contribution in [3.8, 4) is 0 Å². The summed E-state index contributed by atoms with van der Waals surface area (Å²) < 4.78 is 11.7. The van der Waals surface area contributed by atoms with Crippen LogP contribution >= 0.6 is 0 Å². The van der Waals surface area contributed by atoms with Crippen LogP contribution in [0.25, 0.3) is 27.8 Å². The number of hydrogen-bond donors (Lipinski definition) is 2. The van der Waals surface area contributed by atoms with Crippen LogP contribution in [0.5, 0.6) is 0 Å². The first-order valence-corrected chi connectivity index (χ1v) is 11.0. The second kappa shape index (κ2) is 10.3. The van der Waals surface area contributed by atoms with E-state index in [9.17, 15) is 0 Å². The second-order valence-corrected chi connectivity index (χ2v) is 7.55. The first-order valence-electron chi connectivity index (χ1n) is 11.0. The third-order valence-corrected chi connectivity index (χ3v) is 5.53. The van der Waals surface area contributed by atoms with Crippen LogP contribution in [0.2, 0.25) is 0 Å². The molecule has 1 aliphatic heterocycles. The van der Waals surface area contributed by atoms with Crippen LogP contribution in [-0.4, -0.2) is 41.3 Å². The molecule has 34 heavy (non-hydrogen) atoms. The van der Waals surface area contributed by atoms with Crippen LogP contribution in [0, 0.1) is 0 Å². The van der Waals surface area contributed by atoms with Crippen LogP contribution in [0.4, 0.5) is 5.82 Å². The maximum Gasteiger partial charge on any atom is 0.229 e. The zero-order valence-corrected chi connectivity index (χ0v) is 19.1. The molecule has 1 saturated heterocycles. The van der Waals surface area contributed by atoms with Gasteiger partial charge in [0.05, 0.1) is 18.6 Å². The molecule has 3 N–H and O–H groups in total. The predicted octanol–water partition coefficient (Wildman–Crippen LogP) is 3.99. The third-order valence-electron chi connectivity index (χ3n) is 5.53. The molecule has 174 valence electrons. The summed E-state index contributed by atoms with van der Waals surface area (Å²) in [5, 5.41) is 3.88. The topological polar surface area (TPSA) is 102 Å². The van der Waals surface area contributed by atoms with E-state index >= 15 is 0 Å². The number of nitrogens with one attached hydrogen (secondary N) is 1. The molecule has 1 aliphatic rings. The van der Waals surface area contributed by atoms with Gasteiger partial charge in [-0.05, 0) is 23.9 Å². The fraction of sp³-hybridized carbons (Fsp3) is 0.192. The molecule has 0 atom stereocenters. The largest absolute Gasteiger partial charge is 0.432 e. The molecule has 3 aromatic rings. The number of ether oxygens (including phenoxy) is 1. The highest BCUT2D eigenvalue weighted by atomic mass is 16.5. The van der Waals surface area contributed by atoms with Gasteiger partial charge in [0.2, 0.25) is 5.71 Å². The minimum atomic E-state index is 0.366. The normalized spacial score (nSPS) is 15.2. The molecular formula is C26H28N6O2. The molecule has 0 aliphatic carbocycles. The number of aromatic nitrogens is 3. The van der Waals surface area contributed by atoms with Gasteiger partial charge in [-0.25, -0.2) is 15.0 Å². The quantitative estimate of drug-likeness (QED) is 0.466. The Morgan fingerprint density at radius 3 is 2.59 bits per heavy atom. The van der Waals surface area contributed by atoms with E-state index in [0.29, 0.717) is 61.3 Å². The van der Waals surface area contributed by atoms with Gasteiger partial charge in [-0.15, -0.1) is 0 Å². The summed E-state index contributed by atoms with van der Waals surface area (Å²) in [6.07, 6.45) is 10.3. The number of morpholine rings is 1. The van der Waals surface area contributed by atoms with Crippen LogP contribution in [0.15, 0.2) is 84.8 Å². The van der Waals surface area contributed by atoms with Crippen molar-refractivity contribution < 1.29 is 9.15 Å². The number of nitrogens with zero attached hydrogens (tertiary/aromatic N) is 4. The van der Waals surface area contributed by atoms with Crippen molar-refractivity contribution in [2.75, 3.05) is 31.2 Å². The van der Waals surface area contributed by atoms with Gasteiger partial charge in [0.25, 0.3) is 0 Å². The van der Waals surface area contributed by atoms with E-state index in [4.69, 9.17) is 24.9 Å². The van der Waals surface area contributed by atoms with Crippen molar-refractivity contribution in [1.29, 1.82) is 0 Å². The van der Waals surface area contributed by atoms with E-state index in [1.807, 2.05) is 12.1 Å². The molecule has 4 rings (SSSR count). The van der Waals surface area contributed by atoms with Gasteiger partial charge in [0.15, 0.2) is 17.2 Å². The van der Waals surface area contributed by atoms with Crippen LogP contribution in [0.3, 0.4) is 0 Å². The number of pyridine rings is 1. The van der Waals surface area contributed by atoms with Crippen molar-refractivity contribution >= 4 is 33.6 Å². The fourth-order valence-corrected chi connectivity index (χ4v) is 3.90. The van der Waals surface area contributed by atoms with E-state index in [1.54, 1.807) is 30.6 Å². The fourth-order valence-electron chi connectivity index (χ4n) is 3.90. The van der Waals surface area contributed by atoms with Crippen molar-refractivity contribution in [2.45, 2.75) is 6.54 Å². The maximum atomic E-state index is 6.15. The lowest BCUT2D eigenvalue weighted by atomic mass is 10.0. The third kappa shape index (κ3) is 4.28. The second-order valence-electron chi connectivity index (χ2n) is 7.55. The summed E-state index contributed by atoms with van der Waals surface area (Å²) in [4.78, 5) is 16.5. The molecule has 0 saturated carbocycles. The summed E-state index contributed by atoms with van der Waals surface area (Å²) in [7, 11) is 0. The molecule has 0 bridgehead atoms. The van der Waals surface area contributed by atoms with Gasteiger partial charge in [0, 0.05) is 42.7 Å². The summed E-state index contributed by atoms with van der Waals surface area (Å²) >= 11 is 0. The Hall–Kier alpha value is -4.01. The average Bonchev–Trinajstić information content (AvgIpc) is 3.25. The molecule has 0 unspecified atom stereocenters. The number of rotatable bonds is 9. The molecular weight excluding hydrogens is 428 g/mol. The molecule has 8 heteroatoms.